The number of rotatable bonds is 2. The highest BCUT2D eigenvalue weighted by molar-refractivity contribution is 5.08. The molecular formula is C17H30O. The van der Waals surface area contributed by atoms with E-state index in [-0.39, 0.29) is 5.41 Å². The monoisotopic (exact) mass is 250 g/mol. The summed E-state index contributed by atoms with van der Waals surface area (Å²) >= 11 is 0. The van der Waals surface area contributed by atoms with Crippen LogP contribution in [0.2, 0.25) is 0 Å². The Labute approximate surface area is 113 Å². The zero-order chi connectivity index (χ0) is 13.6. The molecule has 0 aromatic heterocycles. The van der Waals surface area contributed by atoms with Crippen LogP contribution in [0.25, 0.3) is 0 Å². The van der Waals surface area contributed by atoms with Crippen molar-refractivity contribution in [3.63, 3.8) is 0 Å². The van der Waals surface area contributed by atoms with Crippen molar-refractivity contribution in [2.24, 2.45) is 22.7 Å². The van der Waals surface area contributed by atoms with Crippen molar-refractivity contribution in [1.29, 1.82) is 0 Å². The van der Waals surface area contributed by atoms with Crippen LogP contribution in [-0.4, -0.2) is 10.7 Å². The van der Waals surface area contributed by atoms with Crippen molar-refractivity contribution < 1.29 is 5.11 Å². The lowest BCUT2D eigenvalue weighted by Gasteiger charge is -2.61. The Balaban J connectivity index is 2.38. The van der Waals surface area contributed by atoms with Crippen molar-refractivity contribution in [3.05, 3.63) is 12.7 Å². The average molecular weight is 250 g/mol. The molecule has 2 aliphatic rings. The number of fused-ring (bicyclic) bond motifs is 1. The SMILES string of the molecule is C=CC[C@@H]1C2(C)CCCC(C)(C)C2CC[C@]1(C)O. The molecule has 1 heteroatoms. The summed E-state index contributed by atoms with van der Waals surface area (Å²) < 4.78 is 0. The predicted octanol–water partition coefficient (Wildman–Crippen LogP) is 4.56. The summed E-state index contributed by atoms with van der Waals surface area (Å²) in [6.07, 6.45) is 9.03. The first kappa shape index (κ1) is 14.1. The number of hydrogen-bond acceptors (Lipinski definition) is 1. The van der Waals surface area contributed by atoms with E-state index in [9.17, 15) is 5.11 Å². The van der Waals surface area contributed by atoms with E-state index in [0.717, 1.165) is 18.8 Å². The van der Waals surface area contributed by atoms with Gasteiger partial charge in [-0.1, -0.05) is 33.3 Å². The average Bonchev–Trinajstić information content (AvgIpc) is 2.22. The van der Waals surface area contributed by atoms with Crippen molar-refractivity contribution in [2.75, 3.05) is 0 Å². The first-order chi connectivity index (χ1) is 8.24. The van der Waals surface area contributed by atoms with E-state index in [4.69, 9.17) is 0 Å². The molecule has 2 rings (SSSR count). The minimum Gasteiger partial charge on any atom is -0.390 e. The summed E-state index contributed by atoms with van der Waals surface area (Å²) in [7, 11) is 0. The van der Waals surface area contributed by atoms with Gasteiger partial charge in [0, 0.05) is 0 Å². The first-order valence-electron chi connectivity index (χ1n) is 7.57. The fourth-order valence-corrected chi connectivity index (χ4v) is 5.31. The molecule has 2 saturated carbocycles. The van der Waals surface area contributed by atoms with Crippen LogP contribution in [0.4, 0.5) is 0 Å². The van der Waals surface area contributed by atoms with Crippen LogP contribution in [0, 0.1) is 22.7 Å². The highest BCUT2D eigenvalue weighted by atomic mass is 16.3. The van der Waals surface area contributed by atoms with Crippen molar-refractivity contribution in [1.82, 2.24) is 0 Å². The van der Waals surface area contributed by atoms with Crippen LogP contribution in [0.3, 0.4) is 0 Å². The van der Waals surface area contributed by atoms with Gasteiger partial charge in [-0.2, -0.15) is 0 Å². The first-order valence-corrected chi connectivity index (χ1v) is 7.57. The van der Waals surface area contributed by atoms with Crippen LogP contribution in [0.1, 0.15) is 66.2 Å². The molecule has 0 aliphatic heterocycles. The normalized spacial score (nSPS) is 47.4. The van der Waals surface area contributed by atoms with Crippen molar-refractivity contribution >= 4 is 0 Å². The topological polar surface area (TPSA) is 20.2 Å². The summed E-state index contributed by atoms with van der Waals surface area (Å²) in [5.41, 5.74) is 0.216. The molecular weight excluding hydrogens is 220 g/mol. The van der Waals surface area contributed by atoms with Gasteiger partial charge in [0.05, 0.1) is 5.60 Å². The molecule has 1 nitrogen and oxygen atoms in total. The van der Waals surface area contributed by atoms with Gasteiger partial charge in [-0.3, -0.25) is 0 Å². The molecule has 2 aliphatic carbocycles. The summed E-state index contributed by atoms with van der Waals surface area (Å²) in [5, 5.41) is 10.8. The van der Waals surface area contributed by atoms with E-state index in [1.807, 2.05) is 13.0 Å². The van der Waals surface area contributed by atoms with Gasteiger partial charge in [-0.15, -0.1) is 6.58 Å². The van der Waals surface area contributed by atoms with Gasteiger partial charge in [0.1, 0.15) is 0 Å². The Morgan fingerprint density at radius 2 is 1.83 bits per heavy atom. The van der Waals surface area contributed by atoms with Crippen molar-refractivity contribution in [2.45, 2.75) is 71.8 Å². The minimum atomic E-state index is -0.507. The Morgan fingerprint density at radius 3 is 2.44 bits per heavy atom. The third kappa shape index (κ3) is 2.05. The third-order valence-corrected chi connectivity index (χ3v) is 6.16. The molecule has 0 heterocycles. The quantitative estimate of drug-likeness (QED) is 0.713. The molecule has 2 unspecified atom stereocenters. The number of hydrogen-bond donors (Lipinski definition) is 1. The maximum absolute atomic E-state index is 10.8. The largest absolute Gasteiger partial charge is 0.390 e. The summed E-state index contributed by atoms with van der Waals surface area (Å²) in [4.78, 5) is 0. The summed E-state index contributed by atoms with van der Waals surface area (Å²) in [6, 6.07) is 0. The highest BCUT2D eigenvalue weighted by Crippen LogP contribution is 2.62. The molecule has 0 saturated heterocycles. The summed E-state index contributed by atoms with van der Waals surface area (Å²) in [6.45, 7) is 13.3. The van der Waals surface area contributed by atoms with Gasteiger partial charge in [0.25, 0.3) is 0 Å². The maximum Gasteiger partial charge on any atom is 0.0656 e. The lowest BCUT2D eigenvalue weighted by molar-refractivity contribution is -0.165. The van der Waals surface area contributed by atoms with Gasteiger partial charge in [0.2, 0.25) is 0 Å². The summed E-state index contributed by atoms with van der Waals surface area (Å²) in [5.74, 6) is 1.13. The molecule has 0 bridgehead atoms. The molecule has 0 spiro atoms. The predicted molar refractivity (Wildman–Crippen MR) is 77.4 cm³/mol. The molecule has 104 valence electrons. The van der Waals surface area contributed by atoms with E-state index >= 15 is 0 Å². The fourth-order valence-electron chi connectivity index (χ4n) is 5.31. The lowest BCUT2D eigenvalue weighted by atomic mass is 9.45. The van der Waals surface area contributed by atoms with Crippen LogP contribution in [-0.2, 0) is 0 Å². The Bertz CT molecular complexity index is 329. The van der Waals surface area contributed by atoms with Gasteiger partial charge < -0.3 is 5.11 Å². The van der Waals surface area contributed by atoms with E-state index in [1.165, 1.54) is 25.7 Å². The molecule has 0 radical (unpaired) electrons. The second kappa shape index (κ2) is 4.37. The highest BCUT2D eigenvalue weighted by Gasteiger charge is 2.57. The van der Waals surface area contributed by atoms with Gasteiger partial charge >= 0.3 is 0 Å². The Morgan fingerprint density at radius 1 is 1.17 bits per heavy atom. The van der Waals surface area contributed by atoms with E-state index < -0.39 is 5.60 Å². The fraction of sp³-hybridized carbons (Fsp3) is 0.882. The standard InChI is InChI=1S/C17H30O/c1-6-8-14-16(4)11-7-10-15(2,3)13(16)9-12-17(14,5)18/h6,13-14,18H,1,7-12H2,2-5H3/t13?,14-,16?,17+/m1/s1. The molecule has 0 aromatic carbocycles. The Kier molecular flexibility index (Phi) is 3.43. The minimum absolute atomic E-state index is 0.289. The van der Waals surface area contributed by atoms with Crippen LogP contribution >= 0.6 is 0 Å². The van der Waals surface area contributed by atoms with E-state index in [1.54, 1.807) is 0 Å². The molecule has 0 aromatic rings. The lowest BCUT2D eigenvalue weighted by Crippen LogP contribution is -2.57. The van der Waals surface area contributed by atoms with Gasteiger partial charge in [-0.25, -0.2) is 0 Å². The van der Waals surface area contributed by atoms with Crippen molar-refractivity contribution in [3.8, 4) is 0 Å². The van der Waals surface area contributed by atoms with Crippen LogP contribution in [0.15, 0.2) is 12.7 Å². The number of aliphatic hydroxyl groups is 1. The third-order valence-electron chi connectivity index (χ3n) is 6.16. The molecule has 18 heavy (non-hydrogen) atoms. The Hall–Kier alpha value is -0.300. The second-order valence-corrected chi connectivity index (χ2v) is 7.87. The maximum atomic E-state index is 10.8. The molecule has 0 amide bonds. The van der Waals surface area contributed by atoms with Gasteiger partial charge in [0.15, 0.2) is 0 Å². The molecule has 1 N–H and O–H groups in total. The van der Waals surface area contributed by atoms with Crippen LogP contribution in [0.5, 0.6) is 0 Å². The zero-order valence-electron chi connectivity index (χ0n) is 12.6. The zero-order valence-corrected chi connectivity index (χ0v) is 12.6. The van der Waals surface area contributed by atoms with E-state index in [0.29, 0.717) is 11.3 Å². The second-order valence-electron chi connectivity index (χ2n) is 7.87. The number of allylic oxidation sites excluding steroid dienone is 1. The van der Waals surface area contributed by atoms with Crippen LogP contribution < -0.4 is 0 Å². The van der Waals surface area contributed by atoms with Gasteiger partial charge in [-0.05, 0) is 61.7 Å². The smallest absolute Gasteiger partial charge is 0.0656 e. The van der Waals surface area contributed by atoms with E-state index in [2.05, 4.69) is 27.4 Å². The molecule has 4 atom stereocenters. The molecule has 2 fully saturated rings.